The van der Waals surface area contributed by atoms with Gasteiger partial charge in [0.25, 0.3) is 0 Å². The van der Waals surface area contributed by atoms with Gasteiger partial charge in [0.2, 0.25) is 5.91 Å². The van der Waals surface area contributed by atoms with Crippen LogP contribution in [0.15, 0.2) is 23.2 Å². The first-order valence-electron chi connectivity index (χ1n) is 6.67. The first kappa shape index (κ1) is 13.4. The second kappa shape index (κ2) is 5.40. The number of halogens is 1. The molecule has 0 radical (unpaired) electrons. The summed E-state index contributed by atoms with van der Waals surface area (Å²) < 4.78 is 13.5. The number of nitrogens with two attached hydrogens (primary N) is 1. The largest absolute Gasteiger partial charge is 0.369 e. The van der Waals surface area contributed by atoms with Gasteiger partial charge >= 0.3 is 0 Å². The Morgan fingerprint density at radius 3 is 2.80 bits per heavy atom. The average Bonchev–Trinajstić information content (AvgIpc) is 2.45. The smallest absolute Gasteiger partial charge is 0.227 e. The maximum atomic E-state index is 13.5. The van der Waals surface area contributed by atoms with Crippen LogP contribution in [0.5, 0.6) is 0 Å². The lowest BCUT2D eigenvalue weighted by atomic mass is 9.90. The molecule has 0 spiro atoms. The molecule has 0 saturated heterocycles. The van der Waals surface area contributed by atoms with E-state index in [2.05, 4.69) is 4.98 Å². The monoisotopic (exact) mass is 290 g/mol. The van der Waals surface area contributed by atoms with E-state index in [1.807, 2.05) is 0 Å². The highest BCUT2D eigenvalue weighted by molar-refractivity contribution is 7.99. The number of carbonyl (C=O) groups excluding carboxylic acids is 1. The molecular formula is C15H15FN2OS. The van der Waals surface area contributed by atoms with Gasteiger partial charge in [-0.2, -0.15) is 0 Å². The molecule has 3 nitrogen and oxygen atoms in total. The van der Waals surface area contributed by atoms with Crippen molar-refractivity contribution in [1.29, 1.82) is 0 Å². The van der Waals surface area contributed by atoms with Gasteiger partial charge in [-0.1, -0.05) is 11.8 Å². The molecule has 1 heterocycles. The zero-order valence-corrected chi connectivity index (χ0v) is 11.8. The summed E-state index contributed by atoms with van der Waals surface area (Å²) in [4.78, 5) is 15.6. The first-order valence-corrected chi connectivity index (χ1v) is 7.66. The zero-order valence-electron chi connectivity index (χ0n) is 11.0. The van der Waals surface area contributed by atoms with Crippen LogP contribution in [0.4, 0.5) is 4.39 Å². The molecule has 1 aliphatic rings. The van der Waals surface area contributed by atoms with Gasteiger partial charge in [0.05, 0.1) is 11.3 Å². The summed E-state index contributed by atoms with van der Waals surface area (Å²) in [6.07, 6.45) is 4.11. The van der Waals surface area contributed by atoms with Crippen molar-refractivity contribution >= 4 is 28.6 Å². The normalized spacial score (nSPS) is 14.2. The van der Waals surface area contributed by atoms with E-state index in [0.29, 0.717) is 0 Å². The molecule has 0 fully saturated rings. The Labute approximate surface area is 120 Å². The number of benzene rings is 1. The molecule has 2 N–H and O–H groups in total. The molecule has 0 unspecified atom stereocenters. The SMILES string of the molecule is NC(=O)CSc1nc2ccc(F)cc2c2c1CCCC2. The number of thioether (sulfide) groups is 1. The lowest BCUT2D eigenvalue weighted by Gasteiger charge is -2.20. The van der Waals surface area contributed by atoms with Gasteiger partial charge < -0.3 is 5.73 Å². The van der Waals surface area contributed by atoms with Crippen molar-refractivity contribution in [3.8, 4) is 0 Å². The minimum atomic E-state index is -0.347. The summed E-state index contributed by atoms with van der Waals surface area (Å²) in [6, 6.07) is 4.69. The number of nitrogens with zero attached hydrogens (tertiary/aromatic N) is 1. The molecule has 0 saturated carbocycles. The Bertz CT molecular complexity index is 687. The number of rotatable bonds is 3. The van der Waals surface area contributed by atoms with E-state index in [-0.39, 0.29) is 17.5 Å². The molecule has 20 heavy (non-hydrogen) atoms. The Balaban J connectivity index is 2.15. The molecular weight excluding hydrogens is 275 g/mol. The first-order chi connectivity index (χ1) is 9.65. The van der Waals surface area contributed by atoms with E-state index >= 15 is 0 Å². The van der Waals surface area contributed by atoms with Crippen LogP contribution >= 0.6 is 11.8 Å². The highest BCUT2D eigenvalue weighted by atomic mass is 32.2. The topological polar surface area (TPSA) is 56.0 Å². The number of hydrogen-bond acceptors (Lipinski definition) is 3. The van der Waals surface area contributed by atoms with Crippen LogP contribution in [0.3, 0.4) is 0 Å². The summed E-state index contributed by atoms with van der Waals surface area (Å²) in [6.45, 7) is 0. The third kappa shape index (κ3) is 2.50. The standard InChI is InChI=1S/C15H15FN2OS/c16-9-5-6-13-12(7-9)10-3-1-2-4-11(10)15(18-13)20-8-14(17)19/h5-7H,1-4,8H2,(H2,17,19). The molecule has 0 aliphatic heterocycles. The van der Waals surface area contributed by atoms with Gasteiger partial charge in [0.15, 0.2) is 0 Å². The maximum absolute atomic E-state index is 13.5. The van der Waals surface area contributed by atoms with Gasteiger partial charge in [-0.25, -0.2) is 9.37 Å². The fraction of sp³-hybridized carbons (Fsp3) is 0.333. The zero-order chi connectivity index (χ0) is 14.1. The van der Waals surface area contributed by atoms with E-state index in [1.54, 1.807) is 12.1 Å². The van der Waals surface area contributed by atoms with Crippen LogP contribution < -0.4 is 5.73 Å². The highest BCUT2D eigenvalue weighted by Crippen LogP contribution is 2.34. The molecule has 1 aromatic heterocycles. The summed E-state index contributed by atoms with van der Waals surface area (Å²) in [5.74, 6) is -0.350. The Hall–Kier alpha value is -1.62. The minimum Gasteiger partial charge on any atom is -0.369 e. The Kier molecular flexibility index (Phi) is 3.61. The predicted octanol–water partition coefficient (Wildman–Crippen LogP) is 2.83. The molecule has 0 bridgehead atoms. The Morgan fingerprint density at radius 1 is 1.30 bits per heavy atom. The summed E-state index contributed by atoms with van der Waals surface area (Å²) in [7, 11) is 0. The molecule has 5 heteroatoms. The van der Waals surface area contributed by atoms with Crippen LogP contribution in [0.25, 0.3) is 10.9 Å². The maximum Gasteiger partial charge on any atom is 0.227 e. The van der Waals surface area contributed by atoms with Crippen LogP contribution in [0.2, 0.25) is 0 Å². The van der Waals surface area contributed by atoms with E-state index in [1.165, 1.54) is 29.0 Å². The van der Waals surface area contributed by atoms with Crippen molar-refractivity contribution in [2.75, 3.05) is 5.75 Å². The lowest BCUT2D eigenvalue weighted by Crippen LogP contribution is -2.14. The van der Waals surface area contributed by atoms with Crippen LogP contribution in [0, 0.1) is 5.82 Å². The summed E-state index contributed by atoms with van der Waals surface area (Å²) >= 11 is 1.38. The van der Waals surface area contributed by atoms with Gasteiger partial charge in [0, 0.05) is 5.39 Å². The number of fused-ring (bicyclic) bond motifs is 3. The number of amides is 1. The molecule has 1 amide bonds. The van der Waals surface area contributed by atoms with Gasteiger partial charge in [0.1, 0.15) is 10.8 Å². The highest BCUT2D eigenvalue weighted by Gasteiger charge is 2.19. The molecule has 1 aliphatic carbocycles. The second-order valence-corrected chi connectivity index (χ2v) is 5.96. The quantitative estimate of drug-likeness (QED) is 0.884. The fourth-order valence-electron chi connectivity index (χ4n) is 2.72. The molecule has 1 aromatic carbocycles. The van der Waals surface area contributed by atoms with Crippen molar-refractivity contribution in [2.24, 2.45) is 5.73 Å². The fourth-order valence-corrected chi connectivity index (χ4v) is 3.56. The van der Waals surface area contributed by atoms with E-state index in [0.717, 1.165) is 41.6 Å². The number of carbonyl (C=O) groups is 1. The van der Waals surface area contributed by atoms with Crippen LogP contribution in [0.1, 0.15) is 24.0 Å². The van der Waals surface area contributed by atoms with Crippen molar-refractivity contribution < 1.29 is 9.18 Å². The van der Waals surface area contributed by atoms with E-state index in [9.17, 15) is 9.18 Å². The molecule has 3 rings (SSSR count). The van der Waals surface area contributed by atoms with Crippen molar-refractivity contribution in [3.63, 3.8) is 0 Å². The number of aryl methyl sites for hydroxylation is 1. The van der Waals surface area contributed by atoms with Crippen LogP contribution in [-0.4, -0.2) is 16.6 Å². The third-order valence-corrected chi connectivity index (χ3v) is 4.62. The molecule has 104 valence electrons. The average molecular weight is 290 g/mol. The van der Waals surface area contributed by atoms with Gasteiger partial charge in [-0.05, 0) is 55.0 Å². The lowest BCUT2D eigenvalue weighted by molar-refractivity contribution is -0.115. The van der Waals surface area contributed by atoms with Crippen LogP contribution in [-0.2, 0) is 17.6 Å². The number of primary amides is 1. The minimum absolute atomic E-state index is 0.228. The van der Waals surface area contributed by atoms with E-state index in [4.69, 9.17) is 5.73 Å². The van der Waals surface area contributed by atoms with Gasteiger partial charge in [-0.3, -0.25) is 4.79 Å². The molecule has 2 aromatic rings. The summed E-state index contributed by atoms with van der Waals surface area (Å²) in [5.41, 5.74) is 8.36. The third-order valence-electron chi connectivity index (χ3n) is 3.58. The summed E-state index contributed by atoms with van der Waals surface area (Å²) in [5, 5.41) is 1.78. The second-order valence-electron chi connectivity index (χ2n) is 5.00. The van der Waals surface area contributed by atoms with Crippen molar-refractivity contribution in [2.45, 2.75) is 30.7 Å². The van der Waals surface area contributed by atoms with Crippen molar-refractivity contribution in [3.05, 3.63) is 35.1 Å². The number of pyridine rings is 1. The Morgan fingerprint density at radius 2 is 2.05 bits per heavy atom. The molecule has 0 atom stereocenters. The number of hydrogen-bond donors (Lipinski definition) is 1. The van der Waals surface area contributed by atoms with E-state index < -0.39 is 0 Å². The predicted molar refractivity (Wildman–Crippen MR) is 78.3 cm³/mol. The van der Waals surface area contributed by atoms with Crippen molar-refractivity contribution in [1.82, 2.24) is 4.98 Å². The number of aromatic nitrogens is 1. The van der Waals surface area contributed by atoms with Gasteiger partial charge in [-0.15, -0.1) is 0 Å².